The van der Waals surface area contributed by atoms with E-state index in [1.54, 1.807) is 23.5 Å². The van der Waals surface area contributed by atoms with Gasteiger partial charge >= 0.3 is 0 Å². The minimum absolute atomic E-state index is 0.0785. The van der Waals surface area contributed by atoms with Gasteiger partial charge in [0.05, 0.1) is 13.2 Å². The van der Waals surface area contributed by atoms with Crippen molar-refractivity contribution in [1.82, 2.24) is 0 Å². The molecule has 0 saturated carbocycles. The summed E-state index contributed by atoms with van der Waals surface area (Å²) >= 11 is 3.49. The van der Waals surface area contributed by atoms with Crippen molar-refractivity contribution in [1.29, 1.82) is 0 Å². The van der Waals surface area contributed by atoms with Gasteiger partial charge in [-0.05, 0) is 64.8 Å². The average molecular weight is 367 g/mol. The predicted molar refractivity (Wildman–Crippen MR) is 108 cm³/mol. The van der Waals surface area contributed by atoms with E-state index >= 15 is 0 Å². The summed E-state index contributed by atoms with van der Waals surface area (Å²) in [5.74, 6) is 0. The molecule has 2 unspecified atom stereocenters. The quantitative estimate of drug-likeness (QED) is 0.272. The van der Waals surface area contributed by atoms with Crippen molar-refractivity contribution in [3.63, 3.8) is 0 Å². The largest absolute Gasteiger partial charge is 0.363 e. The Hall–Kier alpha value is -0.680. The maximum atomic E-state index is 5.83. The molecule has 0 bridgehead atoms. The summed E-state index contributed by atoms with van der Waals surface area (Å²) in [7, 11) is 0. The van der Waals surface area contributed by atoms with Gasteiger partial charge in [0.15, 0.2) is 0 Å². The second-order valence-electron chi connectivity index (χ2n) is 6.29. The highest BCUT2D eigenvalue weighted by Gasteiger charge is 2.14. The SMILES string of the molecule is C=C(C)COC(C)Sc1cc(C)c(C)cc1SC(C)OCC(=C)C. The third-order valence-corrected chi connectivity index (χ3v) is 5.52. The lowest BCUT2D eigenvalue weighted by Gasteiger charge is -2.19. The molecule has 1 aromatic rings. The number of benzene rings is 1. The molecule has 0 spiro atoms. The van der Waals surface area contributed by atoms with Crippen molar-refractivity contribution in [3.8, 4) is 0 Å². The van der Waals surface area contributed by atoms with Crippen molar-refractivity contribution in [2.75, 3.05) is 13.2 Å². The van der Waals surface area contributed by atoms with Gasteiger partial charge in [-0.25, -0.2) is 0 Å². The Morgan fingerprint density at radius 2 is 1.21 bits per heavy atom. The molecule has 1 rings (SSSR count). The fourth-order valence-corrected chi connectivity index (χ4v) is 4.01. The number of hydrogen-bond acceptors (Lipinski definition) is 4. The standard InChI is InChI=1S/C20H30O2S2/c1-13(2)11-21-17(7)23-19-9-15(5)16(6)10-20(19)24-18(8)22-12-14(3)4/h9-10,17-18H,1,3,11-12H2,2,4-8H3. The molecular weight excluding hydrogens is 336 g/mol. The Bertz CT molecular complexity index is 530. The average Bonchev–Trinajstić information content (AvgIpc) is 2.48. The van der Waals surface area contributed by atoms with Crippen LogP contribution in [0, 0.1) is 13.8 Å². The summed E-state index contributed by atoms with van der Waals surface area (Å²) in [5, 5.41) is 0. The molecular formula is C20H30O2S2. The van der Waals surface area contributed by atoms with Gasteiger partial charge in [0.25, 0.3) is 0 Å². The maximum Gasteiger partial charge on any atom is 0.105 e. The van der Waals surface area contributed by atoms with Crippen LogP contribution in [-0.2, 0) is 9.47 Å². The molecule has 0 saturated heterocycles. The van der Waals surface area contributed by atoms with E-state index in [-0.39, 0.29) is 10.9 Å². The lowest BCUT2D eigenvalue weighted by Crippen LogP contribution is -2.07. The van der Waals surface area contributed by atoms with Gasteiger partial charge < -0.3 is 9.47 Å². The molecule has 24 heavy (non-hydrogen) atoms. The van der Waals surface area contributed by atoms with E-state index in [4.69, 9.17) is 9.47 Å². The van der Waals surface area contributed by atoms with Crippen molar-refractivity contribution < 1.29 is 9.47 Å². The van der Waals surface area contributed by atoms with Crippen LogP contribution in [0.25, 0.3) is 0 Å². The normalized spacial score (nSPS) is 13.6. The van der Waals surface area contributed by atoms with E-state index in [0.717, 1.165) is 11.1 Å². The van der Waals surface area contributed by atoms with Gasteiger partial charge in [0.2, 0.25) is 0 Å². The molecule has 0 amide bonds. The van der Waals surface area contributed by atoms with Gasteiger partial charge in [-0.2, -0.15) is 0 Å². The molecule has 0 aromatic heterocycles. The molecule has 0 radical (unpaired) electrons. The Labute approximate surface area is 156 Å². The monoisotopic (exact) mass is 366 g/mol. The van der Waals surface area contributed by atoms with E-state index in [0.29, 0.717) is 13.2 Å². The Morgan fingerprint density at radius 3 is 1.50 bits per heavy atom. The van der Waals surface area contributed by atoms with Crippen LogP contribution in [0.15, 0.2) is 46.2 Å². The number of rotatable bonds is 10. The molecule has 0 aliphatic heterocycles. The Kier molecular flexibility index (Phi) is 9.21. The zero-order valence-corrected chi connectivity index (χ0v) is 17.4. The van der Waals surface area contributed by atoms with Gasteiger partial charge in [0.1, 0.15) is 10.9 Å². The van der Waals surface area contributed by atoms with Gasteiger partial charge in [0, 0.05) is 9.79 Å². The van der Waals surface area contributed by atoms with E-state index in [2.05, 4.69) is 53.0 Å². The van der Waals surface area contributed by atoms with Crippen LogP contribution in [-0.4, -0.2) is 24.1 Å². The van der Waals surface area contributed by atoms with Crippen LogP contribution in [0.2, 0.25) is 0 Å². The molecule has 2 nitrogen and oxygen atoms in total. The smallest absolute Gasteiger partial charge is 0.105 e. The molecule has 0 N–H and O–H groups in total. The summed E-state index contributed by atoms with van der Waals surface area (Å²) in [4.78, 5) is 2.48. The number of ether oxygens (including phenoxy) is 2. The number of aryl methyl sites for hydroxylation is 2. The van der Waals surface area contributed by atoms with Crippen molar-refractivity contribution in [2.45, 2.75) is 62.2 Å². The third kappa shape index (κ3) is 7.93. The molecule has 0 aliphatic rings. The van der Waals surface area contributed by atoms with Gasteiger partial charge in [-0.15, -0.1) is 0 Å². The fraction of sp³-hybridized carbons (Fsp3) is 0.500. The van der Waals surface area contributed by atoms with Crippen molar-refractivity contribution in [2.24, 2.45) is 0 Å². The molecule has 134 valence electrons. The first kappa shape index (κ1) is 21.4. The van der Waals surface area contributed by atoms with E-state index in [1.165, 1.54) is 20.9 Å². The summed E-state index contributed by atoms with van der Waals surface area (Å²) < 4.78 is 11.7. The predicted octanol–water partition coefficient (Wildman–Crippen LogP) is 6.37. The van der Waals surface area contributed by atoms with Crippen LogP contribution in [0.4, 0.5) is 0 Å². The fourth-order valence-electron chi connectivity index (χ4n) is 1.89. The van der Waals surface area contributed by atoms with Gasteiger partial charge in [-0.3, -0.25) is 0 Å². The maximum absolute atomic E-state index is 5.83. The minimum atomic E-state index is 0.0785. The Balaban J connectivity index is 2.83. The third-order valence-electron chi connectivity index (χ3n) is 3.27. The summed E-state index contributed by atoms with van der Waals surface area (Å²) in [6.45, 7) is 21.4. The molecule has 0 fully saturated rings. The first-order valence-electron chi connectivity index (χ1n) is 8.15. The van der Waals surface area contributed by atoms with E-state index < -0.39 is 0 Å². The highest BCUT2D eigenvalue weighted by molar-refractivity contribution is 8.02. The summed E-state index contributed by atoms with van der Waals surface area (Å²) in [6.07, 6.45) is 0. The van der Waals surface area contributed by atoms with Crippen LogP contribution in [0.1, 0.15) is 38.8 Å². The highest BCUT2D eigenvalue weighted by atomic mass is 32.2. The van der Waals surface area contributed by atoms with Crippen LogP contribution in [0.5, 0.6) is 0 Å². The van der Waals surface area contributed by atoms with Crippen molar-refractivity contribution >= 4 is 23.5 Å². The highest BCUT2D eigenvalue weighted by Crippen LogP contribution is 2.37. The lowest BCUT2D eigenvalue weighted by molar-refractivity contribution is 0.145. The second-order valence-corrected chi connectivity index (χ2v) is 8.97. The molecule has 4 heteroatoms. The topological polar surface area (TPSA) is 18.5 Å². The second kappa shape index (κ2) is 10.3. The summed E-state index contributed by atoms with van der Waals surface area (Å²) in [6, 6.07) is 4.49. The van der Waals surface area contributed by atoms with Crippen LogP contribution in [0.3, 0.4) is 0 Å². The minimum Gasteiger partial charge on any atom is -0.363 e. The molecule has 2 atom stereocenters. The van der Waals surface area contributed by atoms with Crippen molar-refractivity contribution in [3.05, 3.63) is 47.6 Å². The lowest BCUT2D eigenvalue weighted by atomic mass is 10.1. The summed E-state index contributed by atoms with van der Waals surface area (Å²) in [5.41, 5.74) is 4.83. The zero-order valence-electron chi connectivity index (χ0n) is 15.8. The molecule has 1 aromatic carbocycles. The van der Waals surface area contributed by atoms with E-state index in [1.807, 2.05) is 13.8 Å². The van der Waals surface area contributed by atoms with Crippen LogP contribution >= 0.6 is 23.5 Å². The number of thioether (sulfide) groups is 2. The van der Waals surface area contributed by atoms with Gasteiger partial charge in [-0.1, -0.05) is 47.8 Å². The van der Waals surface area contributed by atoms with E-state index in [9.17, 15) is 0 Å². The molecule has 0 heterocycles. The zero-order chi connectivity index (χ0) is 18.3. The number of hydrogen-bond donors (Lipinski definition) is 0. The van der Waals surface area contributed by atoms with Crippen LogP contribution < -0.4 is 0 Å². The Morgan fingerprint density at radius 1 is 0.875 bits per heavy atom. The first-order valence-corrected chi connectivity index (χ1v) is 9.91. The first-order chi connectivity index (χ1) is 11.2. The molecule has 0 aliphatic carbocycles.